The van der Waals surface area contributed by atoms with Gasteiger partial charge >= 0.3 is 0 Å². The van der Waals surface area contributed by atoms with Crippen LogP contribution >= 0.6 is 11.3 Å². The zero-order valence-electron chi connectivity index (χ0n) is 12.5. The predicted octanol–water partition coefficient (Wildman–Crippen LogP) is 2.03. The summed E-state index contributed by atoms with van der Waals surface area (Å²) in [5.41, 5.74) is 0. The summed E-state index contributed by atoms with van der Waals surface area (Å²) in [5.74, 6) is 0.870. The summed E-state index contributed by atoms with van der Waals surface area (Å²) in [4.78, 5) is 7.75. The Hall–Kier alpha value is -0.420. The fourth-order valence-electron chi connectivity index (χ4n) is 2.77. The van der Waals surface area contributed by atoms with Crippen LogP contribution in [-0.2, 0) is 6.54 Å². The Balaban J connectivity index is 1.55. The second-order valence-corrected chi connectivity index (χ2v) is 7.24. The molecule has 1 N–H and O–H groups in total. The lowest BCUT2D eigenvalue weighted by Gasteiger charge is -2.21. The molecule has 1 aromatic heterocycles. The third-order valence-electron chi connectivity index (χ3n) is 3.82. The van der Waals surface area contributed by atoms with Crippen LogP contribution in [0.1, 0.15) is 16.2 Å². The van der Waals surface area contributed by atoms with Crippen LogP contribution in [0, 0.1) is 12.8 Å². The van der Waals surface area contributed by atoms with E-state index in [0.29, 0.717) is 0 Å². The predicted molar refractivity (Wildman–Crippen MR) is 83.9 cm³/mol. The fraction of sp³-hybridized carbons (Fsp3) is 0.733. The third kappa shape index (κ3) is 5.22. The van der Waals surface area contributed by atoms with Crippen molar-refractivity contribution < 1.29 is 0 Å². The minimum absolute atomic E-state index is 0.870. The topological polar surface area (TPSA) is 18.5 Å². The molecule has 19 heavy (non-hydrogen) atoms. The van der Waals surface area contributed by atoms with E-state index in [0.717, 1.165) is 25.6 Å². The van der Waals surface area contributed by atoms with Gasteiger partial charge in [-0.15, -0.1) is 11.3 Å². The van der Waals surface area contributed by atoms with Gasteiger partial charge in [0.25, 0.3) is 0 Å². The standard InChI is InChI=1S/C15H27N3S/c1-13-4-5-15(19-13)10-16-7-9-18(3)12-14-6-8-17(2)11-14/h4-5,14,16H,6-12H2,1-3H3. The first-order chi connectivity index (χ1) is 9.13. The van der Waals surface area contributed by atoms with E-state index in [1.807, 2.05) is 11.3 Å². The highest BCUT2D eigenvalue weighted by atomic mass is 32.1. The van der Waals surface area contributed by atoms with Crippen molar-refractivity contribution in [1.82, 2.24) is 15.1 Å². The summed E-state index contributed by atoms with van der Waals surface area (Å²) in [6.45, 7) is 9.19. The quantitative estimate of drug-likeness (QED) is 0.772. The smallest absolute Gasteiger partial charge is 0.0300 e. The minimum atomic E-state index is 0.870. The van der Waals surface area contributed by atoms with Crippen LogP contribution < -0.4 is 5.32 Å². The fourth-order valence-corrected chi connectivity index (χ4v) is 3.63. The number of aryl methyl sites for hydroxylation is 1. The van der Waals surface area contributed by atoms with Crippen LogP contribution in [0.2, 0.25) is 0 Å². The normalized spacial score (nSPS) is 20.5. The highest BCUT2D eigenvalue weighted by Gasteiger charge is 2.20. The van der Waals surface area contributed by atoms with E-state index in [1.165, 1.54) is 35.8 Å². The van der Waals surface area contributed by atoms with E-state index in [9.17, 15) is 0 Å². The summed E-state index contributed by atoms with van der Waals surface area (Å²) in [6.07, 6.45) is 1.36. The molecule has 0 saturated carbocycles. The Bertz CT molecular complexity index is 377. The molecule has 0 bridgehead atoms. The Kier molecular flexibility index (Phi) is 5.82. The van der Waals surface area contributed by atoms with Crippen LogP contribution in [0.4, 0.5) is 0 Å². The van der Waals surface area contributed by atoms with Gasteiger partial charge in [0.2, 0.25) is 0 Å². The lowest BCUT2D eigenvalue weighted by Crippen LogP contribution is -2.33. The van der Waals surface area contributed by atoms with Gasteiger partial charge < -0.3 is 15.1 Å². The molecule has 0 aliphatic carbocycles. The van der Waals surface area contributed by atoms with Crippen molar-refractivity contribution in [3.8, 4) is 0 Å². The highest BCUT2D eigenvalue weighted by Crippen LogP contribution is 2.15. The molecule has 1 atom stereocenters. The molecular weight excluding hydrogens is 254 g/mol. The molecule has 1 aromatic rings. The maximum atomic E-state index is 3.54. The molecular formula is C15H27N3S. The second-order valence-electron chi connectivity index (χ2n) is 5.87. The number of likely N-dealkylation sites (tertiary alicyclic amines) is 1. The van der Waals surface area contributed by atoms with Gasteiger partial charge in [-0.2, -0.15) is 0 Å². The molecule has 1 unspecified atom stereocenters. The lowest BCUT2D eigenvalue weighted by atomic mass is 10.1. The summed E-state index contributed by atoms with van der Waals surface area (Å²) in [6, 6.07) is 4.43. The molecule has 1 aliphatic heterocycles. The number of hydrogen-bond acceptors (Lipinski definition) is 4. The van der Waals surface area contributed by atoms with Gasteiger partial charge in [0, 0.05) is 42.5 Å². The highest BCUT2D eigenvalue weighted by molar-refractivity contribution is 7.11. The first kappa shape index (κ1) is 15.0. The van der Waals surface area contributed by atoms with E-state index in [-0.39, 0.29) is 0 Å². The molecule has 1 fully saturated rings. The van der Waals surface area contributed by atoms with E-state index >= 15 is 0 Å². The Labute approximate surface area is 121 Å². The molecule has 0 spiro atoms. The molecule has 4 heteroatoms. The maximum absolute atomic E-state index is 3.54. The van der Waals surface area contributed by atoms with Gasteiger partial charge in [-0.3, -0.25) is 0 Å². The second kappa shape index (κ2) is 7.39. The summed E-state index contributed by atoms with van der Waals surface area (Å²) in [7, 11) is 4.47. The van der Waals surface area contributed by atoms with E-state index in [1.54, 1.807) is 0 Å². The average Bonchev–Trinajstić information content (AvgIpc) is 2.94. The van der Waals surface area contributed by atoms with Crippen molar-refractivity contribution in [2.45, 2.75) is 19.9 Å². The zero-order valence-corrected chi connectivity index (χ0v) is 13.3. The minimum Gasteiger partial charge on any atom is -0.311 e. The Morgan fingerprint density at radius 2 is 2.32 bits per heavy atom. The number of hydrogen-bond donors (Lipinski definition) is 1. The summed E-state index contributed by atoms with van der Waals surface area (Å²) >= 11 is 1.89. The lowest BCUT2D eigenvalue weighted by molar-refractivity contribution is 0.273. The van der Waals surface area contributed by atoms with Crippen molar-refractivity contribution in [1.29, 1.82) is 0 Å². The van der Waals surface area contributed by atoms with E-state index in [4.69, 9.17) is 0 Å². The molecule has 3 nitrogen and oxygen atoms in total. The Morgan fingerprint density at radius 1 is 1.47 bits per heavy atom. The first-order valence-corrected chi connectivity index (χ1v) is 8.08. The average molecular weight is 281 g/mol. The molecule has 1 aliphatic rings. The maximum Gasteiger partial charge on any atom is 0.0300 e. The number of nitrogens with one attached hydrogen (secondary N) is 1. The number of thiophene rings is 1. The van der Waals surface area contributed by atoms with Crippen molar-refractivity contribution in [3.63, 3.8) is 0 Å². The Morgan fingerprint density at radius 3 is 2.95 bits per heavy atom. The van der Waals surface area contributed by atoms with Gasteiger partial charge in [0.05, 0.1) is 0 Å². The van der Waals surface area contributed by atoms with Crippen molar-refractivity contribution in [2.75, 3.05) is 46.8 Å². The molecule has 0 aromatic carbocycles. The number of likely N-dealkylation sites (N-methyl/N-ethyl adjacent to an activating group) is 1. The van der Waals surface area contributed by atoms with Crippen LogP contribution in [0.25, 0.3) is 0 Å². The molecule has 2 rings (SSSR count). The molecule has 2 heterocycles. The van der Waals surface area contributed by atoms with Crippen LogP contribution in [0.3, 0.4) is 0 Å². The molecule has 1 saturated heterocycles. The van der Waals surface area contributed by atoms with Gasteiger partial charge in [-0.1, -0.05) is 0 Å². The zero-order chi connectivity index (χ0) is 13.7. The number of nitrogens with zero attached hydrogens (tertiary/aromatic N) is 2. The van der Waals surface area contributed by atoms with Gasteiger partial charge in [-0.25, -0.2) is 0 Å². The number of rotatable bonds is 7. The van der Waals surface area contributed by atoms with E-state index < -0.39 is 0 Å². The summed E-state index contributed by atoms with van der Waals surface area (Å²) < 4.78 is 0. The van der Waals surface area contributed by atoms with Gasteiger partial charge in [0.15, 0.2) is 0 Å². The summed E-state index contributed by atoms with van der Waals surface area (Å²) in [5, 5.41) is 3.54. The molecule has 108 valence electrons. The van der Waals surface area contributed by atoms with Crippen LogP contribution in [-0.4, -0.2) is 56.6 Å². The monoisotopic (exact) mass is 281 g/mol. The van der Waals surface area contributed by atoms with Crippen molar-refractivity contribution in [3.05, 3.63) is 21.9 Å². The van der Waals surface area contributed by atoms with Crippen molar-refractivity contribution in [2.24, 2.45) is 5.92 Å². The van der Waals surface area contributed by atoms with Gasteiger partial charge in [0.1, 0.15) is 0 Å². The van der Waals surface area contributed by atoms with E-state index in [2.05, 4.69) is 48.3 Å². The van der Waals surface area contributed by atoms with Gasteiger partial charge in [-0.05, 0) is 52.0 Å². The first-order valence-electron chi connectivity index (χ1n) is 7.26. The largest absolute Gasteiger partial charge is 0.311 e. The third-order valence-corrected chi connectivity index (χ3v) is 4.83. The SMILES string of the molecule is Cc1ccc(CNCCN(C)CC2CCN(C)C2)s1. The van der Waals surface area contributed by atoms with Crippen molar-refractivity contribution >= 4 is 11.3 Å². The molecule has 0 amide bonds. The molecule has 0 radical (unpaired) electrons. The van der Waals surface area contributed by atoms with Crippen LogP contribution in [0.5, 0.6) is 0 Å². The van der Waals surface area contributed by atoms with Crippen LogP contribution in [0.15, 0.2) is 12.1 Å².